The summed E-state index contributed by atoms with van der Waals surface area (Å²) >= 11 is 0. The van der Waals surface area contributed by atoms with Gasteiger partial charge in [-0.1, -0.05) is 46.3 Å². The summed E-state index contributed by atoms with van der Waals surface area (Å²) < 4.78 is 5.75. The average Bonchev–Trinajstić information content (AvgIpc) is 2.43. The molecule has 1 rings (SSSR count). The Bertz CT molecular complexity index is 536. The molecule has 3 nitrogen and oxygen atoms in total. The molecule has 0 bridgehead atoms. The van der Waals surface area contributed by atoms with Gasteiger partial charge in [-0.25, -0.2) is 0 Å². The van der Waals surface area contributed by atoms with E-state index in [-0.39, 0.29) is 11.8 Å². The first kappa shape index (κ1) is 18.3. The molecule has 0 aromatic heterocycles. The van der Waals surface area contributed by atoms with Crippen molar-refractivity contribution in [2.75, 3.05) is 6.61 Å². The summed E-state index contributed by atoms with van der Waals surface area (Å²) in [7, 11) is 0. The van der Waals surface area contributed by atoms with E-state index in [0.29, 0.717) is 6.61 Å². The average molecular weight is 304 g/mol. The Morgan fingerprint density at radius 1 is 1.27 bits per heavy atom. The Kier molecular flexibility index (Phi) is 6.66. The van der Waals surface area contributed by atoms with Crippen LogP contribution in [0, 0.1) is 0 Å². The molecular weight excluding hydrogens is 276 g/mol. The van der Waals surface area contributed by atoms with Crippen molar-refractivity contribution in [1.29, 1.82) is 0 Å². The first-order chi connectivity index (χ1) is 10.3. The lowest BCUT2D eigenvalue weighted by atomic mass is 9.84. The molecule has 0 spiro atoms. The first-order valence-corrected chi connectivity index (χ1v) is 7.98. The van der Waals surface area contributed by atoms with E-state index in [2.05, 4.69) is 39.8 Å². The van der Waals surface area contributed by atoms with E-state index in [1.54, 1.807) is 0 Å². The normalized spacial score (nSPS) is 12.3. The number of benzene rings is 1. The lowest BCUT2D eigenvalue weighted by Crippen LogP contribution is -2.12. The number of rotatable bonds is 7. The Balaban J connectivity index is 3.35. The van der Waals surface area contributed by atoms with E-state index in [1.807, 2.05) is 19.1 Å². The monoisotopic (exact) mass is 304 g/mol. The van der Waals surface area contributed by atoms with E-state index < -0.39 is 5.97 Å². The molecule has 0 aliphatic rings. The largest absolute Gasteiger partial charge is 0.493 e. The van der Waals surface area contributed by atoms with Crippen LogP contribution in [0.25, 0.3) is 5.57 Å². The fraction of sp³-hybridized carbons (Fsp3) is 0.526. The number of carboxylic acid groups (broad SMARTS) is 1. The topological polar surface area (TPSA) is 46.5 Å². The molecular formula is C19H28O3. The number of hydrogen-bond donors (Lipinski definition) is 1. The van der Waals surface area contributed by atoms with Crippen molar-refractivity contribution in [3.8, 4) is 5.75 Å². The van der Waals surface area contributed by atoms with Crippen molar-refractivity contribution in [1.82, 2.24) is 0 Å². The van der Waals surface area contributed by atoms with Gasteiger partial charge in [0.15, 0.2) is 0 Å². The minimum atomic E-state index is -0.807. The maximum Gasteiger partial charge on any atom is 0.307 e. The number of ether oxygens (including phenoxy) is 1. The highest BCUT2D eigenvalue weighted by Gasteiger charge is 2.17. The molecule has 0 amide bonds. The van der Waals surface area contributed by atoms with Crippen molar-refractivity contribution < 1.29 is 14.6 Å². The molecule has 0 radical (unpaired) electrons. The van der Waals surface area contributed by atoms with Gasteiger partial charge in [0.25, 0.3) is 0 Å². The van der Waals surface area contributed by atoms with Crippen LogP contribution in [0.15, 0.2) is 24.3 Å². The summed E-state index contributed by atoms with van der Waals surface area (Å²) in [6, 6.07) is 6.24. The second-order valence-electron chi connectivity index (χ2n) is 6.47. The molecule has 22 heavy (non-hydrogen) atoms. The number of allylic oxidation sites excluding steroid dienone is 1. The number of carbonyl (C=O) groups is 1. The van der Waals surface area contributed by atoms with Gasteiger partial charge in [0.2, 0.25) is 0 Å². The van der Waals surface area contributed by atoms with Gasteiger partial charge < -0.3 is 9.84 Å². The quantitative estimate of drug-likeness (QED) is 0.767. The van der Waals surface area contributed by atoms with Gasteiger partial charge in [-0.15, -0.1) is 0 Å². The second-order valence-corrected chi connectivity index (χ2v) is 6.47. The van der Waals surface area contributed by atoms with Crippen LogP contribution in [0.3, 0.4) is 0 Å². The third kappa shape index (κ3) is 5.21. The molecule has 122 valence electrons. The second kappa shape index (κ2) is 8.02. The van der Waals surface area contributed by atoms with Gasteiger partial charge in [-0.05, 0) is 42.0 Å². The molecule has 0 aliphatic heterocycles. The molecule has 1 aromatic carbocycles. The third-order valence-electron chi connectivity index (χ3n) is 3.53. The standard InChI is InChI=1S/C19H28O3/c1-6-8-14(9-12-18(20)21)16-13-15(19(3,4)5)10-11-17(16)22-7-2/h9-11,13H,6-8,12H2,1-5H3,(H,20,21)/b14-9+. The molecule has 0 fully saturated rings. The molecule has 0 unspecified atom stereocenters. The number of carboxylic acids is 1. The summed E-state index contributed by atoms with van der Waals surface area (Å²) in [6.45, 7) is 11.2. The third-order valence-corrected chi connectivity index (χ3v) is 3.53. The van der Waals surface area contributed by atoms with Crippen molar-refractivity contribution in [2.24, 2.45) is 0 Å². The van der Waals surface area contributed by atoms with Crippen LogP contribution in [0.4, 0.5) is 0 Å². The van der Waals surface area contributed by atoms with E-state index in [4.69, 9.17) is 9.84 Å². The van der Waals surface area contributed by atoms with E-state index in [9.17, 15) is 4.79 Å². The van der Waals surface area contributed by atoms with E-state index in [0.717, 1.165) is 29.7 Å². The minimum Gasteiger partial charge on any atom is -0.493 e. The summed E-state index contributed by atoms with van der Waals surface area (Å²) in [5.74, 6) is 0.0270. The summed E-state index contributed by atoms with van der Waals surface area (Å²) in [5.41, 5.74) is 3.35. The molecule has 0 saturated heterocycles. The fourth-order valence-electron chi connectivity index (χ4n) is 2.36. The summed E-state index contributed by atoms with van der Waals surface area (Å²) in [5, 5.41) is 8.96. The van der Waals surface area contributed by atoms with Gasteiger partial charge in [0, 0.05) is 5.56 Å². The molecule has 0 heterocycles. The van der Waals surface area contributed by atoms with Crippen molar-refractivity contribution >= 4 is 11.5 Å². The first-order valence-electron chi connectivity index (χ1n) is 7.98. The number of hydrogen-bond acceptors (Lipinski definition) is 2. The SMILES string of the molecule is CCC/C(=C\CC(=O)O)c1cc(C(C)(C)C)ccc1OCC. The van der Waals surface area contributed by atoms with Crippen LogP contribution in [0.1, 0.15) is 65.0 Å². The molecule has 1 N–H and O–H groups in total. The predicted octanol–water partition coefficient (Wildman–Crippen LogP) is 5.04. The maximum atomic E-state index is 10.9. The summed E-state index contributed by atoms with van der Waals surface area (Å²) in [6.07, 6.45) is 3.68. The number of aliphatic carboxylic acids is 1. The molecule has 3 heteroatoms. The van der Waals surface area contributed by atoms with Crippen molar-refractivity contribution in [2.45, 2.75) is 59.3 Å². The Hall–Kier alpha value is -1.77. The lowest BCUT2D eigenvalue weighted by molar-refractivity contribution is -0.135. The molecule has 0 saturated carbocycles. The predicted molar refractivity (Wildman–Crippen MR) is 91.4 cm³/mol. The molecule has 1 aromatic rings. The van der Waals surface area contributed by atoms with Gasteiger partial charge in [0.05, 0.1) is 13.0 Å². The highest BCUT2D eigenvalue weighted by molar-refractivity contribution is 5.76. The van der Waals surface area contributed by atoms with Crippen LogP contribution in [-0.4, -0.2) is 17.7 Å². The van der Waals surface area contributed by atoms with Crippen LogP contribution in [-0.2, 0) is 10.2 Å². The van der Waals surface area contributed by atoms with Crippen LogP contribution in [0.5, 0.6) is 5.75 Å². The van der Waals surface area contributed by atoms with Crippen molar-refractivity contribution in [3.63, 3.8) is 0 Å². The Labute approximate surface area is 134 Å². The maximum absolute atomic E-state index is 10.9. The summed E-state index contributed by atoms with van der Waals surface area (Å²) in [4.78, 5) is 10.9. The highest BCUT2D eigenvalue weighted by Crippen LogP contribution is 2.34. The smallest absolute Gasteiger partial charge is 0.307 e. The van der Waals surface area contributed by atoms with Gasteiger partial charge in [0.1, 0.15) is 5.75 Å². The van der Waals surface area contributed by atoms with Gasteiger partial charge in [-0.2, -0.15) is 0 Å². The molecule has 0 aliphatic carbocycles. The minimum absolute atomic E-state index is 0.0423. The van der Waals surface area contributed by atoms with Crippen molar-refractivity contribution in [3.05, 3.63) is 35.4 Å². The zero-order chi connectivity index (χ0) is 16.8. The van der Waals surface area contributed by atoms with Crippen LogP contribution < -0.4 is 4.74 Å². The van der Waals surface area contributed by atoms with Gasteiger partial charge in [-0.3, -0.25) is 4.79 Å². The molecule has 0 atom stereocenters. The Morgan fingerprint density at radius 2 is 1.95 bits per heavy atom. The van der Waals surface area contributed by atoms with E-state index >= 15 is 0 Å². The van der Waals surface area contributed by atoms with Crippen LogP contribution in [0.2, 0.25) is 0 Å². The zero-order valence-corrected chi connectivity index (χ0v) is 14.4. The zero-order valence-electron chi connectivity index (χ0n) is 14.4. The highest BCUT2D eigenvalue weighted by atomic mass is 16.5. The van der Waals surface area contributed by atoms with Gasteiger partial charge >= 0.3 is 5.97 Å². The van der Waals surface area contributed by atoms with E-state index in [1.165, 1.54) is 5.56 Å². The lowest BCUT2D eigenvalue weighted by Gasteiger charge is -2.22. The Morgan fingerprint density at radius 3 is 2.45 bits per heavy atom. The van der Waals surface area contributed by atoms with Crippen LogP contribution >= 0.6 is 0 Å². The fourth-order valence-corrected chi connectivity index (χ4v) is 2.36.